The van der Waals surface area contributed by atoms with Crippen molar-refractivity contribution in [1.29, 1.82) is 0 Å². The van der Waals surface area contributed by atoms with Crippen LogP contribution in [0.1, 0.15) is 5.69 Å². The number of halogens is 1. The lowest BCUT2D eigenvalue weighted by Crippen LogP contribution is -1.93. The monoisotopic (exact) mass is 219 g/mol. The lowest BCUT2D eigenvalue weighted by atomic mass is 10.3. The van der Waals surface area contributed by atoms with Gasteiger partial charge in [0, 0.05) is 28.8 Å². The summed E-state index contributed by atoms with van der Waals surface area (Å²) in [5.41, 5.74) is 1.92. The maximum Gasteiger partial charge on any atom is 0.131 e. The molecule has 0 saturated carbocycles. The van der Waals surface area contributed by atoms with Crippen LogP contribution in [0, 0.1) is 6.92 Å². The van der Waals surface area contributed by atoms with Gasteiger partial charge in [-0.1, -0.05) is 11.6 Å². The number of nitrogens with zero attached hydrogens (tertiary/aromatic N) is 2. The van der Waals surface area contributed by atoms with E-state index in [-0.39, 0.29) is 0 Å². The topological polar surface area (TPSA) is 37.8 Å². The van der Waals surface area contributed by atoms with Crippen LogP contribution in [0.3, 0.4) is 0 Å². The normalized spacial score (nSPS) is 10.0. The van der Waals surface area contributed by atoms with Gasteiger partial charge in [-0.15, -0.1) is 0 Å². The Labute approximate surface area is 93.1 Å². The van der Waals surface area contributed by atoms with E-state index in [9.17, 15) is 0 Å². The average molecular weight is 220 g/mol. The van der Waals surface area contributed by atoms with Gasteiger partial charge < -0.3 is 5.32 Å². The number of rotatable bonds is 2. The van der Waals surface area contributed by atoms with Crippen molar-refractivity contribution in [3.05, 3.63) is 47.4 Å². The molecule has 0 aliphatic carbocycles. The van der Waals surface area contributed by atoms with Crippen LogP contribution >= 0.6 is 11.6 Å². The third kappa shape index (κ3) is 2.67. The minimum atomic E-state index is 0.665. The van der Waals surface area contributed by atoms with Crippen molar-refractivity contribution in [2.45, 2.75) is 6.92 Å². The lowest BCUT2D eigenvalue weighted by molar-refractivity contribution is 1.20. The Morgan fingerprint density at radius 1 is 1.13 bits per heavy atom. The van der Waals surface area contributed by atoms with E-state index in [1.54, 1.807) is 24.5 Å². The van der Waals surface area contributed by atoms with Gasteiger partial charge in [-0.3, -0.25) is 4.98 Å². The summed E-state index contributed by atoms with van der Waals surface area (Å²) in [7, 11) is 0. The quantitative estimate of drug-likeness (QED) is 0.843. The smallest absolute Gasteiger partial charge is 0.131 e. The molecular formula is C11H10ClN3. The second-order valence-electron chi connectivity index (χ2n) is 3.17. The van der Waals surface area contributed by atoms with Crippen LogP contribution in [0.2, 0.25) is 5.02 Å². The predicted molar refractivity (Wildman–Crippen MR) is 61.5 cm³/mol. The highest BCUT2D eigenvalue weighted by atomic mass is 35.5. The first kappa shape index (κ1) is 9.93. The largest absolute Gasteiger partial charge is 0.340 e. The molecule has 0 unspecified atom stereocenters. The van der Waals surface area contributed by atoms with Crippen LogP contribution in [0.4, 0.5) is 11.5 Å². The molecule has 2 heterocycles. The Bertz CT molecular complexity index is 427. The van der Waals surface area contributed by atoms with Gasteiger partial charge in [0.15, 0.2) is 0 Å². The van der Waals surface area contributed by atoms with E-state index in [0.717, 1.165) is 17.2 Å². The first-order chi connectivity index (χ1) is 7.24. The molecule has 76 valence electrons. The Hall–Kier alpha value is -1.61. The molecule has 0 saturated heterocycles. The second-order valence-corrected chi connectivity index (χ2v) is 3.61. The minimum absolute atomic E-state index is 0.665. The molecule has 2 rings (SSSR count). The number of nitrogens with one attached hydrogen (secondary N) is 1. The summed E-state index contributed by atoms with van der Waals surface area (Å²) >= 11 is 5.85. The summed E-state index contributed by atoms with van der Waals surface area (Å²) in [4.78, 5) is 8.26. The third-order valence-corrected chi connectivity index (χ3v) is 2.13. The number of anilines is 2. The first-order valence-electron chi connectivity index (χ1n) is 4.55. The summed E-state index contributed by atoms with van der Waals surface area (Å²) in [5.74, 6) is 0.730. The van der Waals surface area contributed by atoms with Gasteiger partial charge in [0.1, 0.15) is 5.82 Å². The van der Waals surface area contributed by atoms with Crippen molar-refractivity contribution in [1.82, 2.24) is 9.97 Å². The Morgan fingerprint density at radius 3 is 2.67 bits per heavy atom. The van der Waals surface area contributed by atoms with Gasteiger partial charge >= 0.3 is 0 Å². The highest BCUT2D eigenvalue weighted by molar-refractivity contribution is 6.30. The van der Waals surface area contributed by atoms with Crippen LogP contribution in [-0.4, -0.2) is 9.97 Å². The van der Waals surface area contributed by atoms with Crippen LogP contribution in [-0.2, 0) is 0 Å². The van der Waals surface area contributed by atoms with E-state index < -0.39 is 0 Å². The second kappa shape index (κ2) is 4.28. The number of hydrogen-bond acceptors (Lipinski definition) is 3. The van der Waals surface area contributed by atoms with Crippen molar-refractivity contribution in [2.24, 2.45) is 0 Å². The standard InChI is InChI=1S/C11H10ClN3/c1-8-6-10(3-5-13-8)15-11-7-9(12)2-4-14-11/h2-7H,1H3,(H,13,14,15). The van der Waals surface area contributed by atoms with Gasteiger partial charge in [0.05, 0.1) is 0 Å². The van der Waals surface area contributed by atoms with Gasteiger partial charge in [0.2, 0.25) is 0 Å². The van der Waals surface area contributed by atoms with Crippen molar-refractivity contribution in [3.63, 3.8) is 0 Å². The average Bonchev–Trinajstić information content (AvgIpc) is 2.17. The van der Waals surface area contributed by atoms with E-state index >= 15 is 0 Å². The molecule has 2 aromatic heterocycles. The lowest BCUT2D eigenvalue weighted by Gasteiger charge is -2.05. The molecule has 0 fully saturated rings. The molecule has 0 bridgehead atoms. The van der Waals surface area contributed by atoms with E-state index in [0.29, 0.717) is 5.02 Å². The van der Waals surface area contributed by atoms with Crippen LogP contribution in [0.5, 0.6) is 0 Å². The van der Waals surface area contributed by atoms with Crippen LogP contribution in [0.15, 0.2) is 36.7 Å². The van der Waals surface area contributed by atoms with Crippen molar-refractivity contribution in [2.75, 3.05) is 5.32 Å². The van der Waals surface area contributed by atoms with Gasteiger partial charge in [-0.25, -0.2) is 4.98 Å². The molecule has 0 aliphatic rings. The van der Waals surface area contributed by atoms with Gasteiger partial charge in [-0.2, -0.15) is 0 Å². The number of aromatic nitrogens is 2. The predicted octanol–water partition coefficient (Wildman–Crippen LogP) is 3.18. The molecule has 0 aliphatic heterocycles. The molecule has 0 radical (unpaired) electrons. The zero-order chi connectivity index (χ0) is 10.7. The molecule has 15 heavy (non-hydrogen) atoms. The fraction of sp³-hybridized carbons (Fsp3) is 0.0909. The number of pyridine rings is 2. The summed E-state index contributed by atoms with van der Waals surface area (Å²) in [6.45, 7) is 1.94. The molecule has 4 heteroatoms. The fourth-order valence-corrected chi connectivity index (χ4v) is 1.40. The van der Waals surface area contributed by atoms with Gasteiger partial charge in [0.25, 0.3) is 0 Å². The minimum Gasteiger partial charge on any atom is -0.340 e. The van der Waals surface area contributed by atoms with Gasteiger partial charge in [-0.05, 0) is 31.2 Å². The Kier molecular flexibility index (Phi) is 2.83. The highest BCUT2D eigenvalue weighted by Crippen LogP contribution is 2.17. The molecule has 0 atom stereocenters. The SMILES string of the molecule is Cc1cc(Nc2cc(Cl)ccn2)ccn1. The molecule has 3 nitrogen and oxygen atoms in total. The van der Waals surface area contributed by atoms with Crippen LogP contribution in [0.25, 0.3) is 0 Å². The van der Waals surface area contributed by atoms with Crippen molar-refractivity contribution in [3.8, 4) is 0 Å². The third-order valence-electron chi connectivity index (χ3n) is 1.89. The van der Waals surface area contributed by atoms with E-state index in [2.05, 4.69) is 15.3 Å². The Balaban J connectivity index is 2.22. The summed E-state index contributed by atoms with van der Waals surface area (Å²) in [6, 6.07) is 7.35. The van der Waals surface area contributed by atoms with Crippen molar-refractivity contribution >= 4 is 23.1 Å². The molecule has 1 N–H and O–H groups in total. The first-order valence-corrected chi connectivity index (χ1v) is 4.93. The number of aryl methyl sites for hydroxylation is 1. The molecule has 2 aromatic rings. The van der Waals surface area contributed by atoms with E-state index in [1.165, 1.54) is 0 Å². The summed E-state index contributed by atoms with van der Waals surface area (Å²) in [5, 5.41) is 3.82. The highest BCUT2D eigenvalue weighted by Gasteiger charge is 1.97. The zero-order valence-electron chi connectivity index (χ0n) is 8.24. The van der Waals surface area contributed by atoms with E-state index in [1.807, 2.05) is 19.1 Å². The molecular weight excluding hydrogens is 210 g/mol. The number of hydrogen-bond donors (Lipinski definition) is 1. The van der Waals surface area contributed by atoms with Crippen molar-refractivity contribution < 1.29 is 0 Å². The molecule has 0 spiro atoms. The fourth-order valence-electron chi connectivity index (χ4n) is 1.24. The van der Waals surface area contributed by atoms with E-state index in [4.69, 9.17) is 11.6 Å². The zero-order valence-corrected chi connectivity index (χ0v) is 8.99. The molecule has 0 amide bonds. The maximum atomic E-state index is 5.85. The maximum absolute atomic E-state index is 5.85. The summed E-state index contributed by atoms with van der Waals surface area (Å²) < 4.78 is 0. The Morgan fingerprint density at radius 2 is 1.93 bits per heavy atom. The summed E-state index contributed by atoms with van der Waals surface area (Å²) in [6.07, 6.45) is 3.42. The molecule has 0 aromatic carbocycles. The van der Waals surface area contributed by atoms with Crippen LogP contribution < -0.4 is 5.32 Å².